The average molecular weight is 350 g/mol. The van der Waals surface area contributed by atoms with E-state index < -0.39 is 0 Å². The number of H-pyrrole nitrogens is 1. The Morgan fingerprint density at radius 2 is 1.73 bits per heavy atom. The molecule has 0 spiro atoms. The first-order valence-corrected chi connectivity index (χ1v) is 9.91. The van der Waals surface area contributed by atoms with Gasteiger partial charge in [-0.15, -0.1) is 0 Å². The van der Waals surface area contributed by atoms with Crippen LogP contribution in [0.2, 0.25) is 0 Å². The topological polar surface area (TPSA) is 45.3 Å². The van der Waals surface area contributed by atoms with Gasteiger partial charge in [-0.05, 0) is 62.3 Å². The normalized spacial score (nSPS) is 24.2. The van der Waals surface area contributed by atoms with Crippen LogP contribution in [0.5, 0.6) is 0 Å². The van der Waals surface area contributed by atoms with E-state index in [4.69, 9.17) is 4.74 Å². The molecule has 1 aromatic heterocycles. The highest BCUT2D eigenvalue weighted by atomic mass is 16.5. The average Bonchev–Trinajstić information content (AvgIpc) is 3.00. The maximum Gasteiger partial charge on any atom is 0.251 e. The van der Waals surface area contributed by atoms with E-state index in [1.54, 1.807) is 0 Å². The molecule has 1 fully saturated rings. The van der Waals surface area contributed by atoms with Crippen molar-refractivity contribution in [3.8, 4) is 11.3 Å². The van der Waals surface area contributed by atoms with Crippen molar-refractivity contribution in [1.82, 2.24) is 4.98 Å². The molecule has 2 atom stereocenters. The number of pyridine rings is 1. The fourth-order valence-corrected chi connectivity index (χ4v) is 5.17. The van der Waals surface area contributed by atoms with E-state index in [1.807, 2.05) is 0 Å². The summed E-state index contributed by atoms with van der Waals surface area (Å²) in [6.07, 6.45) is 5.74. The summed E-state index contributed by atoms with van der Waals surface area (Å²) < 4.78 is 5.92. The zero-order valence-electron chi connectivity index (χ0n) is 15.6. The van der Waals surface area contributed by atoms with Crippen LogP contribution in [-0.2, 0) is 24.0 Å². The van der Waals surface area contributed by atoms with Gasteiger partial charge in [0.2, 0.25) is 0 Å². The standard InChI is InChI=1S/C22H26N2O2/c1-13-11-24(12-14(2)26-13)20-9-5-8-16-18(20)10-19-15-6-3-4-7-17(15)22(25)23-21(16)19/h5,8-9,13-14H,3-4,6-7,10-12H2,1-2H3,(H,23,25)/t13-,14+. The summed E-state index contributed by atoms with van der Waals surface area (Å²) >= 11 is 0. The monoisotopic (exact) mass is 350 g/mol. The quantitative estimate of drug-likeness (QED) is 0.731. The van der Waals surface area contributed by atoms with E-state index in [-0.39, 0.29) is 17.8 Å². The molecule has 0 bridgehead atoms. The number of aromatic nitrogens is 1. The second kappa shape index (κ2) is 5.98. The predicted molar refractivity (Wildman–Crippen MR) is 104 cm³/mol. The molecule has 4 heteroatoms. The number of nitrogens with one attached hydrogen (secondary N) is 1. The minimum atomic E-state index is 0.130. The maximum atomic E-state index is 12.6. The lowest BCUT2D eigenvalue weighted by molar-refractivity contribution is -0.00525. The van der Waals surface area contributed by atoms with Crippen LogP contribution in [-0.4, -0.2) is 30.3 Å². The largest absolute Gasteiger partial charge is 0.372 e. The summed E-state index contributed by atoms with van der Waals surface area (Å²) in [6, 6.07) is 6.54. The number of ether oxygens (including phenoxy) is 1. The second-order valence-corrected chi connectivity index (χ2v) is 8.11. The van der Waals surface area contributed by atoms with Crippen LogP contribution in [0.15, 0.2) is 23.0 Å². The minimum Gasteiger partial charge on any atom is -0.372 e. The van der Waals surface area contributed by atoms with Gasteiger partial charge in [-0.25, -0.2) is 0 Å². The molecule has 2 aromatic rings. The van der Waals surface area contributed by atoms with Gasteiger partial charge >= 0.3 is 0 Å². The van der Waals surface area contributed by atoms with Crippen LogP contribution >= 0.6 is 0 Å². The highest BCUT2D eigenvalue weighted by molar-refractivity contribution is 5.81. The molecular weight excluding hydrogens is 324 g/mol. The van der Waals surface area contributed by atoms with Crippen LogP contribution in [0.3, 0.4) is 0 Å². The molecule has 0 unspecified atom stereocenters. The fraction of sp³-hybridized carbons (Fsp3) is 0.500. The van der Waals surface area contributed by atoms with Crippen LogP contribution in [0.1, 0.15) is 48.9 Å². The number of anilines is 1. The zero-order chi connectivity index (χ0) is 17.8. The van der Waals surface area contributed by atoms with E-state index in [9.17, 15) is 4.79 Å². The van der Waals surface area contributed by atoms with Crippen LogP contribution < -0.4 is 10.5 Å². The van der Waals surface area contributed by atoms with Crippen molar-refractivity contribution >= 4 is 5.69 Å². The van der Waals surface area contributed by atoms with E-state index in [2.05, 4.69) is 41.9 Å². The Hall–Kier alpha value is -2.07. The number of nitrogens with zero attached hydrogens (tertiary/aromatic N) is 1. The van der Waals surface area contributed by atoms with Gasteiger partial charge in [0.15, 0.2) is 0 Å². The molecule has 26 heavy (non-hydrogen) atoms. The van der Waals surface area contributed by atoms with Gasteiger partial charge in [0.05, 0.1) is 17.9 Å². The van der Waals surface area contributed by atoms with Crippen molar-refractivity contribution in [3.05, 3.63) is 50.8 Å². The van der Waals surface area contributed by atoms with Crippen molar-refractivity contribution < 1.29 is 4.74 Å². The minimum absolute atomic E-state index is 0.130. The van der Waals surface area contributed by atoms with E-state index in [0.29, 0.717) is 0 Å². The summed E-state index contributed by atoms with van der Waals surface area (Å²) in [7, 11) is 0. The lowest BCUT2D eigenvalue weighted by Crippen LogP contribution is -2.45. The lowest BCUT2D eigenvalue weighted by Gasteiger charge is -2.37. The SMILES string of the molecule is C[C@@H]1CN(c2cccc3c2Cc2c-3[nH]c(=O)c3c2CCCC3)C[C@H](C)O1. The molecule has 4 nitrogen and oxygen atoms in total. The molecule has 5 rings (SSSR count). The molecule has 0 saturated carbocycles. The zero-order valence-corrected chi connectivity index (χ0v) is 15.6. The Balaban J connectivity index is 1.62. The molecule has 0 amide bonds. The summed E-state index contributed by atoms with van der Waals surface area (Å²) in [5.41, 5.74) is 8.85. The third-order valence-corrected chi connectivity index (χ3v) is 6.18. The van der Waals surface area contributed by atoms with Gasteiger partial charge in [-0.3, -0.25) is 4.79 Å². The third kappa shape index (κ3) is 2.43. The van der Waals surface area contributed by atoms with E-state index in [0.717, 1.165) is 50.0 Å². The lowest BCUT2D eigenvalue weighted by atomic mass is 9.88. The predicted octanol–water partition coefficient (Wildman–Crippen LogP) is 3.44. The number of hydrogen-bond acceptors (Lipinski definition) is 3. The van der Waals surface area contributed by atoms with Crippen molar-refractivity contribution in [3.63, 3.8) is 0 Å². The van der Waals surface area contributed by atoms with Crippen molar-refractivity contribution in [1.29, 1.82) is 0 Å². The first-order chi connectivity index (χ1) is 12.6. The number of benzene rings is 1. The highest BCUT2D eigenvalue weighted by Gasteiger charge is 2.31. The van der Waals surface area contributed by atoms with Gasteiger partial charge in [0.25, 0.3) is 5.56 Å². The fourth-order valence-electron chi connectivity index (χ4n) is 5.17. The van der Waals surface area contributed by atoms with Crippen LogP contribution in [0.4, 0.5) is 5.69 Å². The van der Waals surface area contributed by atoms with Crippen molar-refractivity contribution in [2.45, 2.75) is 58.2 Å². The molecule has 136 valence electrons. The first-order valence-electron chi connectivity index (χ1n) is 9.91. The highest BCUT2D eigenvalue weighted by Crippen LogP contribution is 2.43. The van der Waals surface area contributed by atoms with E-state index in [1.165, 1.54) is 34.4 Å². The van der Waals surface area contributed by atoms with Gasteiger partial charge in [0.1, 0.15) is 0 Å². The first kappa shape index (κ1) is 16.1. The Bertz CT molecular complexity index is 920. The number of fused-ring (bicyclic) bond motifs is 5. The molecule has 1 aliphatic heterocycles. The molecular formula is C22H26N2O2. The van der Waals surface area contributed by atoms with Crippen LogP contribution in [0.25, 0.3) is 11.3 Å². The molecule has 2 heterocycles. The van der Waals surface area contributed by atoms with Crippen LogP contribution in [0, 0.1) is 0 Å². The summed E-state index contributed by atoms with van der Waals surface area (Å²) in [5.74, 6) is 0. The Labute approximate surface area is 154 Å². The van der Waals surface area contributed by atoms with Crippen molar-refractivity contribution in [2.75, 3.05) is 18.0 Å². The summed E-state index contributed by atoms with van der Waals surface area (Å²) in [4.78, 5) is 18.3. The van der Waals surface area contributed by atoms with Gasteiger partial charge in [-0.2, -0.15) is 0 Å². The Morgan fingerprint density at radius 1 is 1.00 bits per heavy atom. The number of morpholine rings is 1. The van der Waals surface area contributed by atoms with E-state index >= 15 is 0 Å². The second-order valence-electron chi connectivity index (χ2n) is 8.11. The number of aromatic amines is 1. The number of rotatable bonds is 1. The summed E-state index contributed by atoms with van der Waals surface area (Å²) in [6.45, 7) is 6.14. The van der Waals surface area contributed by atoms with Gasteiger partial charge < -0.3 is 14.6 Å². The Kier molecular flexibility index (Phi) is 3.71. The molecule has 1 aromatic carbocycles. The molecule has 1 N–H and O–H groups in total. The smallest absolute Gasteiger partial charge is 0.251 e. The Morgan fingerprint density at radius 3 is 2.50 bits per heavy atom. The maximum absolute atomic E-state index is 12.6. The third-order valence-electron chi connectivity index (χ3n) is 6.18. The number of hydrogen-bond donors (Lipinski definition) is 1. The molecule has 2 aliphatic carbocycles. The van der Waals surface area contributed by atoms with Gasteiger partial charge in [0, 0.05) is 36.3 Å². The van der Waals surface area contributed by atoms with Crippen molar-refractivity contribution in [2.24, 2.45) is 0 Å². The molecule has 1 saturated heterocycles. The summed E-state index contributed by atoms with van der Waals surface area (Å²) in [5, 5.41) is 0. The van der Waals surface area contributed by atoms with Gasteiger partial charge in [-0.1, -0.05) is 12.1 Å². The molecule has 3 aliphatic rings. The molecule has 0 radical (unpaired) electrons.